The van der Waals surface area contributed by atoms with Crippen LogP contribution < -0.4 is 0 Å². The van der Waals surface area contributed by atoms with E-state index in [1.165, 1.54) is 24.8 Å². The van der Waals surface area contributed by atoms with E-state index >= 15 is 0 Å². The fraction of sp³-hybridized carbons (Fsp3) is 0.647. The Kier molecular flexibility index (Phi) is 3.97. The lowest BCUT2D eigenvalue weighted by molar-refractivity contribution is 0.149. The minimum absolute atomic E-state index is 0.000828. The molecule has 1 unspecified atom stereocenters. The van der Waals surface area contributed by atoms with Crippen molar-refractivity contribution in [2.45, 2.75) is 63.1 Å². The summed E-state index contributed by atoms with van der Waals surface area (Å²) < 4.78 is -0.791. The van der Waals surface area contributed by atoms with Gasteiger partial charge in [-0.3, -0.25) is 0 Å². The van der Waals surface area contributed by atoms with E-state index in [2.05, 4.69) is 45.9 Å². The van der Waals surface area contributed by atoms with Crippen molar-refractivity contribution >= 4 is 23.2 Å². The van der Waals surface area contributed by atoms with Gasteiger partial charge in [-0.1, -0.05) is 94.4 Å². The molecule has 2 rings (SSSR count). The summed E-state index contributed by atoms with van der Waals surface area (Å²) in [4.78, 5) is 0. The summed E-state index contributed by atoms with van der Waals surface area (Å²) in [7, 11) is 0. The molecule has 0 aromatic heterocycles. The second kappa shape index (κ2) is 4.97. The van der Waals surface area contributed by atoms with Gasteiger partial charge in [-0.05, 0) is 23.0 Å². The number of hydrogen-bond donors (Lipinski definition) is 0. The Morgan fingerprint density at radius 3 is 2.05 bits per heavy atom. The smallest absolute Gasteiger partial charge is 0.0957 e. The third-order valence-electron chi connectivity index (χ3n) is 5.29. The zero-order valence-corrected chi connectivity index (χ0v) is 13.9. The Bertz CT molecular complexity index is 425. The van der Waals surface area contributed by atoms with E-state index < -0.39 is 4.33 Å². The average Bonchev–Trinajstić information content (AvgIpc) is 2.48. The van der Waals surface area contributed by atoms with Gasteiger partial charge in [0.2, 0.25) is 0 Å². The second-order valence-corrected chi connectivity index (χ2v) is 7.86. The molecule has 0 amide bonds. The van der Waals surface area contributed by atoms with Crippen LogP contribution >= 0.6 is 23.2 Å². The molecule has 0 nitrogen and oxygen atoms in total. The molecule has 0 aliphatic heterocycles. The van der Waals surface area contributed by atoms with E-state index in [-0.39, 0.29) is 10.8 Å². The highest BCUT2D eigenvalue weighted by atomic mass is 35.5. The number of halogens is 2. The highest BCUT2D eigenvalue weighted by molar-refractivity contribution is 6.49. The van der Waals surface area contributed by atoms with Crippen LogP contribution in [0.25, 0.3) is 0 Å². The van der Waals surface area contributed by atoms with Crippen molar-refractivity contribution in [1.82, 2.24) is 0 Å². The molecular weight excluding hydrogens is 275 g/mol. The number of alkyl halides is 2. The van der Waals surface area contributed by atoms with Crippen molar-refractivity contribution < 1.29 is 0 Å². The van der Waals surface area contributed by atoms with Crippen LogP contribution in [-0.2, 0) is 9.75 Å². The fourth-order valence-corrected chi connectivity index (χ4v) is 4.48. The summed E-state index contributed by atoms with van der Waals surface area (Å²) >= 11 is 13.7. The van der Waals surface area contributed by atoms with Gasteiger partial charge in [0.25, 0.3) is 0 Å². The maximum absolute atomic E-state index is 6.83. The molecule has 1 atom stereocenters. The molecule has 1 aliphatic rings. The van der Waals surface area contributed by atoms with Gasteiger partial charge in [0, 0.05) is 5.41 Å². The normalized spacial score (nSPS) is 27.3. The van der Waals surface area contributed by atoms with Crippen LogP contribution in [0.5, 0.6) is 0 Å². The first-order valence-corrected chi connectivity index (χ1v) is 8.02. The van der Waals surface area contributed by atoms with E-state index in [1.54, 1.807) is 0 Å². The van der Waals surface area contributed by atoms with Crippen LogP contribution in [0.15, 0.2) is 24.3 Å². The maximum atomic E-state index is 6.83. The summed E-state index contributed by atoms with van der Waals surface area (Å²) in [6.07, 6.45) is 4.72. The Morgan fingerprint density at radius 2 is 1.53 bits per heavy atom. The zero-order chi connectivity index (χ0) is 14.3. The Morgan fingerprint density at radius 1 is 0.947 bits per heavy atom. The number of rotatable bonds is 4. The highest BCUT2D eigenvalue weighted by Crippen LogP contribution is 2.67. The molecule has 0 spiro atoms. The quantitative estimate of drug-likeness (QED) is 0.459. The molecule has 0 saturated heterocycles. The lowest BCUT2D eigenvalue weighted by Gasteiger charge is -2.44. The Balaban J connectivity index is 2.46. The van der Waals surface area contributed by atoms with Crippen LogP contribution in [0.3, 0.4) is 0 Å². The van der Waals surface area contributed by atoms with Crippen LogP contribution in [-0.4, -0.2) is 0 Å². The highest BCUT2D eigenvalue weighted by Gasteiger charge is 2.62. The van der Waals surface area contributed by atoms with Gasteiger partial charge < -0.3 is 0 Å². The third kappa shape index (κ3) is 2.03. The molecule has 2 heteroatoms. The van der Waals surface area contributed by atoms with Crippen LogP contribution in [0.1, 0.15) is 64.5 Å². The summed E-state index contributed by atoms with van der Waals surface area (Å²) in [5, 5.41) is 0. The standard InChI is InChI=1S/C17H24Cl2/c1-5-6-9-12-16(4)15(2,3)13-10-7-8-11-14(13)17(16,18)19/h7-8,10-11H,5-6,9,12H2,1-4H3. The van der Waals surface area contributed by atoms with Gasteiger partial charge in [-0.15, -0.1) is 0 Å². The first-order chi connectivity index (χ1) is 8.79. The lowest BCUT2D eigenvalue weighted by Crippen LogP contribution is -2.42. The SMILES string of the molecule is CCCCCC1(C)C(C)(C)c2ccccc2C1(Cl)Cl. The molecule has 1 aromatic carbocycles. The summed E-state index contributed by atoms with van der Waals surface area (Å²) in [6.45, 7) is 9.04. The molecule has 0 saturated carbocycles. The molecule has 0 heterocycles. The average molecular weight is 299 g/mol. The third-order valence-corrected chi connectivity index (χ3v) is 6.53. The van der Waals surface area contributed by atoms with Crippen molar-refractivity contribution in [2.24, 2.45) is 5.41 Å². The van der Waals surface area contributed by atoms with Crippen molar-refractivity contribution in [3.63, 3.8) is 0 Å². The van der Waals surface area contributed by atoms with E-state index in [1.807, 2.05) is 6.07 Å². The van der Waals surface area contributed by atoms with Crippen LogP contribution in [0.2, 0.25) is 0 Å². The molecule has 0 bridgehead atoms. The topological polar surface area (TPSA) is 0 Å². The Labute approximate surface area is 127 Å². The summed E-state index contributed by atoms with van der Waals surface area (Å²) in [5.41, 5.74) is 2.28. The number of unbranched alkanes of at least 4 members (excludes halogenated alkanes) is 2. The van der Waals surface area contributed by atoms with E-state index in [4.69, 9.17) is 23.2 Å². The predicted octanol–water partition coefficient (Wildman–Crippen LogP) is 6.19. The van der Waals surface area contributed by atoms with Gasteiger partial charge in [-0.25, -0.2) is 0 Å². The monoisotopic (exact) mass is 298 g/mol. The number of benzene rings is 1. The maximum Gasteiger partial charge on any atom is 0.149 e. The van der Waals surface area contributed by atoms with E-state index in [9.17, 15) is 0 Å². The molecule has 106 valence electrons. The predicted molar refractivity (Wildman–Crippen MR) is 85.1 cm³/mol. The van der Waals surface area contributed by atoms with E-state index in [0.717, 1.165) is 12.0 Å². The van der Waals surface area contributed by atoms with Crippen molar-refractivity contribution in [3.8, 4) is 0 Å². The van der Waals surface area contributed by atoms with Gasteiger partial charge in [0.15, 0.2) is 0 Å². The van der Waals surface area contributed by atoms with E-state index in [0.29, 0.717) is 0 Å². The van der Waals surface area contributed by atoms with Crippen molar-refractivity contribution in [3.05, 3.63) is 35.4 Å². The van der Waals surface area contributed by atoms with Gasteiger partial charge in [-0.2, -0.15) is 0 Å². The second-order valence-electron chi connectivity index (χ2n) is 6.53. The molecule has 0 radical (unpaired) electrons. The molecule has 0 N–H and O–H groups in total. The first-order valence-electron chi connectivity index (χ1n) is 7.27. The zero-order valence-electron chi connectivity index (χ0n) is 12.4. The van der Waals surface area contributed by atoms with Crippen molar-refractivity contribution in [2.75, 3.05) is 0 Å². The lowest BCUT2D eigenvalue weighted by atomic mass is 9.64. The first kappa shape index (κ1) is 15.2. The Hall–Kier alpha value is -0.200. The molecule has 1 aliphatic carbocycles. The molecular formula is C17H24Cl2. The number of hydrogen-bond acceptors (Lipinski definition) is 0. The number of fused-ring (bicyclic) bond motifs is 1. The summed E-state index contributed by atoms with van der Waals surface area (Å²) in [5.74, 6) is 0. The molecule has 1 aromatic rings. The molecule has 19 heavy (non-hydrogen) atoms. The van der Waals surface area contributed by atoms with Gasteiger partial charge >= 0.3 is 0 Å². The minimum atomic E-state index is -0.791. The summed E-state index contributed by atoms with van der Waals surface area (Å²) in [6, 6.07) is 8.39. The van der Waals surface area contributed by atoms with Gasteiger partial charge in [0.05, 0.1) is 0 Å². The van der Waals surface area contributed by atoms with Crippen molar-refractivity contribution in [1.29, 1.82) is 0 Å². The van der Waals surface area contributed by atoms with Crippen LogP contribution in [0.4, 0.5) is 0 Å². The van der Waals surface area contributed by atoms with Crippen LogP contribution in [0, 0.1) is 5.41 Å². The fourth-order valence-electron chi connectivity index (χ4n) is 3.49. The largest absolute Gasteiger partial charge is 0.149 e. The minimum Gasteiger partial charge on any atom is -0.0957 e. The molecule has 0 fully saturated rings. The van der Waals surface area contributed by atoms with Gasteiger partial charge in [0.1, 0.15) is 4.33 Å².